The Morgan fingerprint density at radius 2 is 1.62 bits per heavy atom. The molecule has 7 nitrogen and oxygen atoms in total. The number of nitrogens with zero attached hydrogens (tertiary/aromatic N) is 3. The van der Waals surface area contributed by atoms with Crippen molar-refractivity contribution in [2.45, 2.75) is 11.8 Å². The summed E-state index contributed by atoms with van der Waals surface area (Å²) < 4.78 is 37.7. The fourth-order valence-electron chi connectivity index (χ4n) is 3.52. The standard InChI is InChI=1S/C26H22N4O3S/c1-18-8-14-23(15-9-18)34(31,32)29-26-24(19-6-4-3-5-7-19)25(28)20(16-27)17-30(26)21-10-12-22(33-2)13-11-21/h3-15,17H,28H2,1-2H3/b29-26-. The van der Waals surface area contributed by atoms with Crippen LogP contribution in [-0.4, -0.2) is 20.1 Å². The summed E-state index contributed by atoms with van der Waals surface area (Å²) in [4.78, 5) is 0.0568. The summed E-state index contributed by atoms with van der Waals surface area (Å²) in [5, 5.41) is 9.76. The first-order valence-electron chi connectivity index (χ1n) is 10.4. The number of nitrogen functional groups attached to an aromatic ring is 1. The molecule has 170 valence electrons. The van der Waals surface area contributed by atoms with Crippen molar-refractivity contribution in [3.8, 4) is 28.6 Å². The van der Waals surface area contributed by atoms with Gasteiger partial charge in [0.25, 0.3) is 10.0 Å². The molecule has 2 N–H and O–H groups in total. The third-order valence-corrected chi connectivity index (χ3v) is 6.61. The van der Waals surface area contributed by atoms with Gasteiger partial charge in [-0.15, -0.1) is 4.40 Å². The first-order chi connectivity index (χ1) is 16.3. The Balaban J connectivity index is 2.12. The Morgan fingerprint density at radius 3 is 2.21 bits per heavy atom. The Bertz CT molecular complexity index is 1550. The maximum Gasteiger partial charge on any atom is 0.284 e. The second kappa shape index (κ2) is 9.25. The first kappa shape index (κ1) is 22.8. The van der Waals surface area contributed by atoms with Crippen molar-refractivity contribution in [3.05, 3.63) is 102 Å². The molecule has 0 unspecified atom stereocenters. The smallest absolute Gasteiger partial charge is 0.284 e. The highest BCUT2D eigenvalue weighted by Crippen LogP contribution is 2.27. The molecular weight excluding hydrogens is 448 g/mol. The summed E-state index contributed by atoms with van der Waals surface area (Å²) in [6.07, 6.45) is 1.49. The minimum atomic E-state index is -4.10. The molecule has 0 amide bonds. The van der Waals surface area contributed by atoms with Gasteiger partial charge in [-0.1, -0.05) is 48.0 Å². The molecule has 0 aliphatic rings. The number of anilines is 1. The quantitative estimate of drug-likeness (QED) is 0.470. The van der Waals surface area contributed by atoms with E-state index in [0.29, 0.717) is 22.6 Å². The lowest BCUT2D eigenvalue weighted by atomic mass is 10.0. The highest BCUT2D eigenvalue weighted by Gasteiger charge is 2.19. The maximum atomic E-state index is 13.3. The van der Waals surface area contributed by atoms with Crippen molar-refractivity contribution in [1.29, 1.82) is 5.26 Å². The van der Waals surface area contributed by atoms with Crippen LogP contribution in [0.1, 0.15) is 11.1 Å². The molecule has 1 aromatic heterocycles. The molecule has 0 saturated heterocycles. The highest BCUT2D eigenvalue weighted by molar-refractivity contribution is 7.90. The third kappa shape index (κ3) is 4.42. The third-order valence-electron chi connectivity index (χ3n) is 5.33. The lowest BCUT2D eigenvalue weighted by Crippen LogP contribution is -2.25. The molecule has 0 bridgehead atoms. The zero-order chi connectivity index (χ0) is 24.3. The number of sulfonamides is 1. The molecule has 3 aromatic carbocycles. The molecule has 0 saturated carbocycles. The van der Waals surface area contributed by atoms with E-state index in [9.17, 15) is 13.7 Å². The zero-order valence-corrected chi connectivity index (χ0v) is 19.5. The molecule has 4 aromatic rings. The van der Waals surface area contributed by atoms with Crippen molar-refractivity contribution in [2.24, 2.45) is 4.40 Å². The van der Waals surface area contributed by atoms with Gasteiger partial charge in [0.05, 0.1) is 28.8 Å². The summed E-state index contributed by atoms with van der Waals surface area (Å²) >= 11 is 0. The van der Waals surface area contributed by atoms with Gasteiger partial charge in [-0.25, -0.2) is 0 Å². The van der Waals surface area contributed by atoms with Gasteiger partial charge < -0.3 is 10.5 Å². The first-order valence-corrected chi connectivity index (χ1v) is 11.8. The Labute approximate surface area is 198 Å². The number of nitrogens with two attached hydrogens (primary N) is 1. The van der Waals surface area contributed by atoms with Gasteiger partial charge in [-0.3, -0.25) is 4.57 Å². The molecule has 0 fully saturated rings. The van der Waals surface area contributed by atoms with Crippen molar-refractivity contribution in [1.82, 2.24) is 4.57 Å². The van der Waals surface area contributed by atoms with Crippen molar-refractivity contribution >= 4 is 15.7 Å². The van der Waals surface area contributed by atoms with E-state index in [1.807, 2.05) is 25.1 Å². The van der Waals surface area contributed by atoms with Gasteiger partial charge >= 0.3 is 0 Å². The molecule has 0 atom stereocenters. The number of benzene rings is 3. The average Bonchev–Trinajstić information content (AvgIpc) is 2.85. The Hall–Kier alpha value is -4.35. The SMILES string of the molecule is COc1ccc(-n2cc(C#N)c(N)c(-c3ccccc3)/c2=N/S(=O)(=O)c2ccc(C)cc2)cc1. The van der Waals surface area contributed by atoms with E-state index in [2.05, 4.69) is 10.5 Å². The summed E-state index contributed by atoms with van der Waals surface area (Å²) in [6, 6.07) is 24.6. The molecule has 34 heavy (non-hydrogen) atoms. The van der Waals surface area contributed by atoms with E-state index in [1.54, 1.807) is 60.2 Å². The van der Waals surface area contributed by atoms with Gasteiger partial charge in [0, 0.05) is 11.9 Å². The monoisotopic (exact) mass is 470 g/mol. The number of hydrogen-bond donors (Lipinski definition) is 1. The van der Waals surface area contributed by atoms with Crippen LogP contribution in [0, 0.1) is 18.3 Å². The average molecular weight is 471 g/mol. The summed E-state index contributed by atoms with van der Waals surface area (Å²) in [5.41, 5.74) is 9.33. The van der Waals surface area contributed by atoms with Crippen molar-refractivity contribution in [3.63, 3.8) is 0 Å². The van der Waals surface area contributed by atoms with Crippen LogP contribution in [0.5, 0.6) is 5.75 Å². The van der Waals surface area contributed by atoms with Gasteiger partial charge in [0.2, 0.25) is 0 Å². The predicted molar refractivity (Wildman–Crippen MR) is 131 cm³/mol. The van der Waals surface area contributed by atoms with Crippen LogP contribution in [0.2, 0.25) is 0 Å². The van der Waals surface area contributed by atoms with Gasteiger partial charge in [-0.05, 0) is 48.9 Å². The van der Waals surface area contributed by atoms with Crippen LogP contribution in [0.15, 0.2) is 94.4 Å². The summed E-state index contributed by atoms with van der Waals surface area (Å²) in [6.45, 7) is 1.87. The largest absolute Gasteiger partial charge is 0.497 e. The van der Waals surface area contributed by atoms with Gasteiger partial charge in [0.1, 0.15) is 11.8 Å². The van der Waals surface area contributed by atoms with Crippen LogP contribution < -0.4 is 16.0 Å². The minimum Gasteiger partial charge on any atom is -0.497 e. The fraction of sp³-hybridized carbons (Fsp3) is 0.0769. The van der Waals surface area contributed by atoms with Gasteiger partial charge in [-0.2, -0.15) is 13.7 Å². The molecular formula is C26H22N4O3S. The number of nitriles is 1. The van der Waals surface area contributed by atoms with Crippen LogP contribution in [0.3, 0.4) is 0 Å². The van der Waals surface area contributed by atoms with Crippen LogP contribution in [-0.2, 0) is 10.0 Å². The molecule has 4 rings (SSSR count). The van der Waals surface area contributed by atoms with E-state index in [4.69, 9.17) is 10.5 Å². The normalized spacial score (nSPS) is 11.7. The van der Waals surface area contributed by atoms with E-state index in [0.717, 1.165) is 5.56 Å². The second-order valence-electron chi connectivity index (χ2n) is 7.58. The van der Waals surface area contributed by atoms with Gasteiger partial charge in [0.15, 0.2) is 5.49 Å². The highest BCUT2D eigenvalue weighted by atomic mass is 32.2. The number of rotatable bonds is 5. The minimum absolute atomic E-state index is 0.0568. The maximum absolute atomic E-state index is 13.3. The van der Waals surface area contributed by atoms with E-state index >= 15 is 0 Å². The van der Waals surface area contributed by atoms with Crippen LogP contribution in [0.25, 0.3) is 16.8 Å². The number of aromatic nitrogens is 1. The molecule has 0 spiro atoms. The van der Waals surface area contributed by atoms with E-state index in [-0.39, 0.29) is 21.6 Å². The topological polar surface area (TPSA) is 110 Å². The number of hydrogen-bond acceptors (Lipinski definition) is 5. The van der Waals surface area contributed by atoms with Crippen molar-refractivity contribution < 1.29 is 13.2 Å². The predicted octanol–water partition coefficient (Wildman–Crippen LogP) is 4.20. The Kier molecular flexibility index (Phi) is 6.21. The number of ether oxygens (including phenoxy) is 1. The number of pyridine rings is 1. The van der Waals surface area contributed by atoms with E-state index in [1.165, 1.54) is 18.3 Å². The van der Waals surface area contributed by atoms with Crippen LogP contribution in [0.4, 0.5) is 5.69 Å². The van der Waals surface area contributed by atoms with E-state index < -0.39 is 10.0 Å². The summed E-state index contributed by atoms with van der Waals surface area (Å²) in [5.74, 6) is 0.634. The second-order valence-corrected chi connectivity index (χ2v) is 9.18. The lowest BCUT2D eigenvalue weighted by molar-refractivity contribution is 0.414. The lowest BCUT2D eigenvalue weighted by Gasteiger charge is -2.16. The fourth-order valence-corrected chi connectivity index (χ4v) is 4.51. The van der Waals surface area contributed by atoms with Crippen LogP contribution >= 0.6 is 0 Å². The molecule has 1 heterocycles. The zero-order valence-electron chi connectivity index (χ0n) is 18.6. The number of methoxy groups -OCH3 is 1. The molecule has 8 heteroatoms. The molecule has 0 aliphatic heterocycles. The van der Waals surface area contributed by atoms with Crippen molar-refractivity contribution in [2.75, 3.05) is 12.8 Å². The summed E-state index contributed by atoms with van der Waals surface area (Å²) in [7, 11) is -2.54. The Morgan fingerprint density at radius 1 is 0.971 bits per heavy atom. The molecule has 0 aliphatic carbocycles. The molecule has 0 radical (unpaired) electrons. The number of aryl methyl sites for hydroxylation is 1.